The Morgan fingerprint density at radius 2 is 2.23 bits per heavy atom. The van der Waals surface area contributed by atoms with Crippen LogP contribution in [0.2, 0.25) is 5.02 Å². The van der Waals surface area contributed by atoms with Gasteiger partial charge in [-0.1, -0.05) is 30.7 Å². The van der Waals surface area contributed by atoms with Gasteiger partial charge in [0, 0.05) is 11.1 Å². The van der Waals surface area contributed by atoms with Crippen LogP contribution in [0.5, 0.6) is 5.75 Å². The number of rotatable bonds is 6. The van der Waals surface area contributed by atoms with E-state index in [1.807, 2.05) is 6.92 Å². The van der Waals surface area contributed by atoms with E-state index in [1.165, 1.54) is 0 Å². The van der Waals surface area contributed by atoms with Crippen LogP contribution >= 0.6 is 11.6 Å². The molecule has 0 saturated carbocycles. The van der Waals surface area contributed by atoms with E-state index >= 15 is 0 Å². The number of hydrogen-bond acceptors (Lipinski definition) is 4. The van der Waals surface area contributed by atoms with E-state index in [-0.39, 0.29) is 5.91 Å². The molecular weight excluding hydrogens is 302 g/mol. The van der Waals surface area contributed by atoms with Gasteiger partial charge in [-0.3, -0.25) is 9.78 Å². The molecular formula is C16H18ClN3O2. The Hall–Kier alpha value is -2.11. The highest BCUT2D eigenvalue weighted by molar-refractivity contribution is 6.30. The number of pyridine rings is 1. The molecule has 3 N–H and O–H groups in total. The van der Waals surface area contributed by atoms with Gasteiger partial charge in [0.15, 0.2) is 0 Å². The lowest BCUT2D eigenvalue weighted by atomic mass is 10.1. The quantitative estimate of drug-likeness (QED) is 0.857. The molecule has 1 amide bonds. The molecule has 116 valence electrons. The Morgan fingerprint density at radius 1 is 1.41 bits per heavy atom. The first kappa shape index (κ1) is 16.3. The average Bonchev–Trinajstić information content (AvgIpc) is 2.52. The topological polar surface area (TPSA) is 77.2 Å². The highest BCUT2D eigenvalue weighted by Crippen LogP contribution is 2.19. The van der Waals surface area contributed by atoms with Gasteiger partial charge < -0.3 is 15.8 Å². The van der Waals surface area contributed by atoms with Crippen molar-refractivity contribution in [1.29, 1.82) is 0 Å². The summed E-state index contributed by atoms with van der Waals surface area (Å²) in [7, 11) is 0. The molecule has 5 nitrogen and oxygen atoms in total. The van der Waals surface area contributed by atoms with E-state index in [9.17, 15) is 4.79 Å². The number of aromatic nitrogens is 1. The number of anilines is 1. The van der Waals surface area contributed by atoms with Crippen molar-refractivity contribution >= 4 is 23.2 Å². The zero-order valence-corrected chi connectivity index (χ0v) is 13.0. The molecule has 0 fully saturated rings. The number of nitrogens with one attached hydrogen (secondary N) is 1. The monoisotopic (exact) mass is 319 g/mol. The SMILES string of the molecule is CCCOc1cncc(NC(=O)C(N)c2cccc(Cl)c2)c1. The molecule has 0 aliphatic heterocycles. The summed E-state index contributed by atoms with van der Waals surface area (Å²) in [6.45, 7) is 2.62. The number of nitrogens with zero attached hydrogens (tertiary/aromatic N) is 1. The minimum atomic E-state index is -0.807. The van der Waals surface area contributed by atoms with Gasteiger partial charge in [0.1, 0.15) is 11.8 Å². The zero-order valence-electron chi connectivity index (χ0n) is 12.3. The van der Waals surface area contributed by atoms with Crippen LogP contribution < -0.4 is 15.8 Å². The molecule has 0 aliphatic rings. The second kappa shape index (κ2) is 7.77. The third-order valence-corrected chi connectivity index (χ3v) is 3.18. The molecule has 0 bridgehead atoms. The van der Waals surface area contributed by atoms with Crippen LogP contribution in [0.25, 0.3) is 0 Å². The third kappa shape index (κ3) is 4.44. The fourth-order valence-electron chi connectivity index (χ4n) is 1.86. The maximum atomic E-state index is 12.2. The average molecular weight is 320 g/mol. The first-order valence-corrected chi connectivity index (χ1v) is 7.37. The number of hydrogen-bond donors (Lipinski definition) is 2. The van der Waals surface area contributed by atoms with E-state index in [0.717, 1.165) is 6.42 Å². The van der Waals surface area contributed by atoms with Crippen LogP contribution in [0.1, 0.15) is 24.9 Å². The highest BCUT2D eigenvalue weighted by Gasteiger charge is 2.16. The second-order valence-electron chi connectivity index (χ2n) is 4.78. The number of amides is 1. The number of halogens is 1. The van der Waals surface area contributed by atoms with Crippen molar-refractivity contribution in [3.05, 3.63) is 53.3 Å². The lowest BCUT2D eigenvalue weighted by Crippen LogP contribution is -2.27. The summed E-state index contributed by atoms with van der Waals surface area (Å²) in [5.41, 5.74) is 7.14. The molecule has 1 unspecified atom stereocenters. The Morgan fingerprint density at radius 3 is 2.95 bits per heavy atom. The van der Waals surface area contributed by atoms with Gasteiger partial charge in [-0.2, -0.15) is 0 Å². The van der Waals surface area contributed by atoms with Gasteiger partial charge in [-0.05, 0) is 24.1 Å². The van der Waals surface area contributed by atoms with Crippen LogP contribution in [0.3, 0.4) is 0 Å². The maximum absolute atomic E-state index is 12.2. The molecule has 2 rings (SSSR count). The summed E-state index contributed by atoms with van der Waals surface area (Å²) in [6.07, 6.45) is 4.04. The molecule has 0 aliphatic carbocycles. The lowest BCUT2D eigenvalue weighted by Gasteiger charge is -2.13. The Kier molecular flexibility index (Phi) is 5.75. The van der Waals surface area contributed by atoms with E-state index in [4.69, 9.17) is 22.1 Å². The maximum Gasteiger partial charge on any atom is 0.245 e. The van der Waals surface area contributed by atoms with Crippen LogP contribution in [0, 0.1) is 0 Å². The van der Waals surface area contributed by atoms with Crippen molar-refractivity contribution in [2.75, 3.05) is 11.9 Å². The Labute approximate surface area is 134 Å². The number of carbonyl (C=O) groups excluding carboxylic acids is 1. The molecule has 0 saturated heterocycles. The minimum Gasteiger partial charge on any atom is -0.492 e. The number of nitrogens with two attached hydrogens (primary N) is 1. The van der Waals surface area contributed by atoms with Gasteiger partial charge in [-0.25, -0.2) is 0 Å². The molecule has 0 spiro atoms. The first-order valence-electron chi connectivity index (χ1n) is 7.00. The Bertz CT molecular complexity index is 649. The van der Waals surface area contributed by atoms with Crippen LogP contribution in [-0.4, -0.2) is 17.5 Å². The van der Waals surface area contributed by atoms with E-state index in [1.54, 1.807) is 42.7 Å². The fourth-order valence-corrected chi connectivity index (χ4v) is 2.06. The standard InChI is InChI=1S/C16H18ClN3O2/c1-2-6-22-14-8-13(9-19-10-14)20-16(21)15(18)11-4-3-5-12(17)7-11/h3-5,7-10,15H,2,6,18H2,1H3,(H,20,21). The van der Waals surface area contributed by atoms with Gasteiger partial charge in [0.05, 0.1) is 24.7 Å². The first-order chi connectivity index (χ1) is 10.6. The third-order valence-electron chi connectivity index (χ3n) is 2.94. The lowest BCUT2D eigenvalue weighted by molar-refractivity contribution is -0.117. The van der Waals surface area contributed by atoms with Crippen molar-refractivity contribution in [3.63, 3.8) is 0 Å². The minimum absolute atomic E-state index is 0.336. The summed E-state index contributed by atoms with van der Waals surface area (Å²) in [5.74, 6) is 0.271. The van der Waals surface area contributed by atoms with Gasteiger partial charge in [-0.15, -0.1) is 0 Å². The molecule has 22 heavy (non-hydrogen) atoms. The number of benzene rings is 1. The summed E-state index contributed by atoms with van der Waals surface area (Å²) in [6, 6.07) is 7.82. The predicted molar refractivity (Wildman–Crippen MR) is 87.0 cm³/mol. The highest BCUT2D eigenvalue weighted by atomic mass is 35.5. The predicted octanol–water partition coefficient (Wildman–Crippen LogP) is 3.16. The van der Waals surface area contributed by atoms with E-state index < -0.39 is 6.04 Å². The number of ether oxygens (including phenoxy) is 1. The summed E-state index contributed by atoms with van der Waals surface area (Å²) in [5, 5.41) is 3.27. The van der Waals surface area contributed by atoms with Gasteiger partial charge in [0.2, 0.25) is 5.91 Å². The van der Waals surface area contributed by atoms with Crippen molar-refractivity contribution in [1.82, 2.24) is 4.98 Å². The smallest absolute Gasteiger partial charge is 0.245 e. The molecule has 1 atom stereocenters. The molecule has 1 heterocycles. The second-order valence-corrected chi connectivity index (χ2v) is 5.22. The molecule has 2 aromatic rings. The van der Waals surface area contributed by atoms with Gasteiger partial charge >= 0.3 is 0 Å². The van der Waals surface area contributed by atoms with Crippen LogP contribution in [0.4, 0.5) is 5.69 Å². The molecule has 1 aromatic heterocycles. The Balaban J connectivity index is 2.05. The van der Waals surface area contributed by atoms with Gasteiger partial charge in [0.25, 0.3) is 0 Å². The fraction of sp³-hybridized carbons (Fsp3) is 0.250. The van der Waals surface area contributed by atoms with Crippen LogP contribution in [0.15, 0.2) is 42.7 Å². The van der Waals surface area contributed by atoms with Crippen molar-refractivity contribution in [2.24, 2.45) is 5.73 Å². The largest absolute Gasteiger partial charge is 0.492 e. The number of carbonyl (C=O) groups is 1. The van der Waals surface area contributed by atoms with Crippen molar-refractivity contribution < 1.29 is 9.53 Å². The zero-order chi connectivity index (χ0) is 15.9. The summed E-state index contributed by atoms with van der Waals surface area (Å²) in [4.78, 5) is 16.2. The molecule has 0 radical (unpaired) electrons. The van der Waals surface area contributed by atoms with E-state index in [0.29, 0.717) is 28.6 Å². The summed E-state index contributed by atoms with van der Waals surface area (Å²) >= 11 is 5.91. The van der Waals surface area contributed by atoms with Crippen molar-refractivity contribution in [3.8, 4) is 5.75 Å². The van der Waals surface area contributed by atoms with Crippen molar-refractivity contribution in [2.45, 2.75) is 19.4 Å². The van der Waals surface area contributed by atoms with Crippen LogP contribution in [-0.2, 0) is 4.79 Å². The van der Waals surface area contributed by atoms with E-state index in [2.05, 4.69) is 10.3 Å². The molecule has 1 aromatic carbocycles. The normalized spacial score (nSPS) is 11.8. The summed E-state index contributed by atoms with van der Waals surface area (Å²) < 4.78 is 5.48. The molecule has 6 heteroatoms.